The van der Waals surface area contributed by atoms with Gasteiger partial charge in [0.2, 0.25) is 0 Å². The summed E-state index contributed by atoms with van der Waals surface area (Å²) in [5.74, 6) is 0.617. The summed E-state index contributed by atoms with van der Waals surface area (Å²) in [6.45, 7) is 4.44. The van der Waals surface area contributed by atoms with E-state index in [1.807, 2.05) is 0 Å². The number of nitrogens with zero attached hydrogens (tertiary/aromatic N) is 1. The number of piperidine rings is 1. The predicted octanol–water partition coefficient (Wildman–Crippen LogP) is 2.86. The van der Waals surface area contributed by atoms with Crippen LogP contribution in [0.5, 0.6) is 0 Å². The van der Waals surface area contributed by atoms with E-state index in [1.54, 1.807) is 0 Å². The summed E-state index contributed by atoms with van der Waals surface area (Å²) in [4.78, 5) is 2.41. The number of hydrogen-bond acceptors (Lipinski definition) is 2. The second kappa shape index (κ2) is 3.64. The van der Waals surface area contributed by atoms with Crippen molar-refractivity contribution in [1.82, 2.24) is 4.90 Å². The predicted molar refractivity (Wildman–Crippen MR) is 68.5 cm³/mol. The van der Waals surface area contributed by atoms with Gasteiger partial charge < -0.3 is 10.2 Å². The van der Waals surface area contributed by atoms with Gasteiger partial charge >= 0.3 is 0 Å². The van der Waals surface area contributed by atoms with Crippen LogP contribution in [0.2, 0.25) is 5.02 Å². The van der Waals surface area contributed by atoms with E-state index >= 15 is 0 Å². The third-order valence-electron chi connectivity index (χ3n) is 3.81. The van der Waals surface area contributed by atoms with Gasteiger partial charge in [0.15, 0.2) is 0 Å². The van der Waals surface area contributed by atoms with E-state index in [4.69, 9.17) is 11.6 Å². The van der Waals surface area contributed by atoms with Crippen LogP contribution in [-0.4, -0.2) is 31.1 Å². The molecule has 3 rings (SSSR count). The zero-order valence-corrected chi connectivity index (χ0v) is 10.5. The summed E-state index contributed by atoms with van der Waals surface area (Å²) in [5.41, 5.74) is 3.86. The van der Waals surface area contributed by atoms with Gasteiger partial charge in [0, 0.05) is 18.5 Å². The lowest BCUT2D eigenvalue weighted by molar-refractivity contribution is 0.243. The van der Waals surface area contributed by atoms with E-state index in [2.05, 4.69) is 36.3 Å². The van der Waals surface area contributed by atoms with Gasteiger partial charge in [-0.25, -0.2) is 0 Å². The molecule has 0 aliphatic carbocycles. The van der Waals surface area contributed by atoms with Crippen molar-refractivity contribution >= 4 is 17.3 Å². The number of nitrogens with one attached hydrogen (secondary N) is 1. The standard InChI is InChI=1S/C13H17ClN2/c1-8-5-9-10-7-16(2)4-3-12(10)15-13(9)11(14)6-8/h5-6,10,12,15H,3-4,7H2,1-2H3. The highest BCUT2D eigenvalue weighted by Gasteiger charge is 2.36. The average Bonchev–Trinajstić information content (AvgIpc) is 2.57. The monoisotopic (exact) mass is 236 g/mol. The van der Waals surface area contributed by atoms with Crippen LogP contribution in [0.4, 0.5) is 5.69 Å². The molecule has 0 amide bonds. The molecular weight excluding hydrogens is 220 g/mol. The highest BCUT2D eigenvalue weighted by atomic mass is 35.5. The molecule has 0 radical (unpaired) electrons. The highest BCUT2D eigenvalue weighted by molar-refractivity contribution is 6.33. The lowest BCUT2D eigenvalue weighted by atomic mass is 9.89. The maximum Gasteiger partial charge on any atom is 0.0643 e. The van der Waals surface area contributed by atoms with Crippen molar-refractivity contribution in [2.24, 2.45) is 0 Å². The molecule has 2 heterocycles. The molecular formula is C13H17ClN2. The van der Waals surface area contributed by atoms with Gasteiger partial charge in [0.25, 0.3) is 0 Å². The molecule has 0 spiro atoms. The van der Waals surface area contributed by atoms with Crippen LogP contribution < -0.4 is 5.32 Å². The molecule has 1 aromatic rings. The number of hydrogen-bond donors (Lipinski definition) is 1. The van der Waals surface area contributed by atoms with Gasteiger partial charge in [-0.3, -0.25) is 0 Å². The van der Waals surface area contributed by atoms with Crippen LogP contribution in [0.3, 0.4) is 0 Å². The van der Waals surface area contributed by atoms with Gasteiger partial charge in [-0.2, -0.15) is 0 Å². The average molecular weight is 237 g/mol. The van der Waals surface area contributed by atoms with E-state index < -0.39 is 0 Å². The summed E-state index contributed by atoms with van der Waals surface area (Å²) in [5, 5.41) is 4.48. The molecule has 3 heteroatoms. The van der Waals surface area contributed by atoms with Gasteiger partial charge in [0.05, 0.1) is 10.7 Å². The van der Waals surface area contributed by atoms with Crippen molar-refractivity contribution < 1.29 is 0 Å². The largest absolute Gasteiger partial charge is 0.380 e. The summed E-state index contributed by atoms with van der Waals surface area (Å²) in [6, 6.07) is 4.93. The topological polar surface area (TPSA) is 15.3 Å². The fourth-order valence-electron chi connectivity index (χ4n) is 3.00. The van der Waals surface area contributed by atoms with Crippen LogP contribution in [0.25, 0.3) is 0 Å². The molecule has 1 saturated heterocycles. The maximum absolute atomic E-state index is 6.30. The first-order valence-corrected chi connectivity index (χ1v) is 6.28. The summed E-state index contributed by atoms with van der Waals surface area (Å²) in [7, 11) is 2.20. The Morgan fingerprint density at radius 2 is 2.25 bits per heavy atom. The van der Waals surface area contributed by atoms with Gasteiger partial charge in [-0.1, -0.05) is 17.7 Å². The summed E-state index contributed by atoms with van der Waals surface area (Å²) in [6.07, 6.45) is 1.21. The van der Waals surface area contributed by atoms with Gasteiger partial charge in [-0.05, 0) is 44.1 Å². The molecule has 0 saturated carbocycles. The van der Waals surface area contributed by atoms with Crippen LogP contribution >= 0.6 is 11.6 Å². The van der Waals surface area contributed by atoms with Crippen molar-refractivity contribution in [2.75, 3.05) is 25.5 Å². The number of benzene rings is 1. The number of rotatable bonds is 0. The van der Waals surface area contributed by atoms with Crippen molar-refractivity contribution in [2.45, 2.75) is 25.3 Å². The molecule has 0 bridgehead atoms. The first-order chi connectivity index (χ1) is 7.65. The number of halogens is 1. The van der Waals surface area contributed by atoms with Crippen molar-refractivity contribution in [3.05, 3.63) is 28.3 Å². The van der Waals surface area contributed by atoms with E-state index in [0.717, 1.165) is 11.6 Å². The van der Waals surface area contributed by atoms with E-state index in [1.165, 1.54) is 29.8 Å². The third kappa shape index (κ3) is 1.52. The Bertz CT molecular complexity index is 430. The summed E-state index contributed by atoms with van der Waals surface area (Å²) < 4.78 is 0. The lowest BCUT2D eigenvalue weighted by Gasteiger charge is -2.32. The highest BCUT2D eigenvalue weighted by Crippen LogP contribution is 2.43. The van der Waals surface area contributed by atoms with Crippen molar-refractivity contribution in [3.63, 3.8) is 0 Å². The molecule has 1 aromatic carbocycles. The quantitative estimate of drug-likeness (QED) is 0.745. The fraction of sp³-hybridized carbons (Fsp3) is 0.538. The molecule has 2 aliphatic rings. The van der Waals surface area contributed by atoms with Gasteiger partial charge in [-0.15, -0.1) is 0 Å². The Kier molecular flexibility index (Phi) is 2.37. The molecule has 2 aliphatic heterocycles. The van der Waals surface area contributed by atoms with E-state index in [0.29, 0.717) is 12.0 Å². The van der Waals surface area contributed by atoms with Gasteiger partial charge in [0.1, 0.15) is 0 Å². The minimum atomic E-state index is 0.588. The number of aryl methyl sites for hydroxylation is 1. The molecule has 1 fully saturated rings. The second-order valence-electron chi connectivity index (χ2n) is 5.12. The number of likely N-dealkylation sites (N-methyl/N-ethyl adjacent to an activating group) is 1. The molecule has 0 aromatic heterocycles. The number of fused-ring (bicyclic) bond motifs is 3. The molecule has 2 unspecified atom stereocenters. The third-order valence-corrected chi connectivity index (χ3v) is 4.11. The van der Waals surface area contributed by atoms with Crippen molar-refractivity contribution in [3.8, 4) is 0 Å². The Balaban J connectivity index is 2.04. The SMILES string of the molecule is Cc1cc(Cl)c2c(c1)C1CN(C)CCC1N2. The zero-order valence-electron chi connectivity index (χ0n) is 9.76. The minimum Gasteiger partial charge on any atom is -0.380 e. The Morgan fingerprint density at radius 3 is 3.06 bits per heavy atom. The number of anilines is 1. The Labute approximate surface area is 102 Å². The minimum absolute atomic E-state index is 0.588. The normalized spacial score (nSPS) is 28.4. The van der Waals surface area contributed by atoms with Crippen molar-refractivity contribution in [1.29, 1.82) is 0 Å². The first kappa shape index (κ1) is 10.4. The van der Waals surface area contributed by atoms with Crippen LogP contribution in [0, 0.1) is 6.92 Å². The zero-order chi connectivity index (χ0) is 11.3. The lowest BCUT2D eigenvalue weighted by Crippen LogP contribution is -2.39. The molecule has 2 nitrogen and oxygen atoms in total. The Morgan fingerprint density at radius 1 is 1.44 bits per heavy atom. The fourth-order valence-corrected chi connectivity index (χ4v) is 3.34. The Hall–Kier alpha value is -0.730. The number of likely N-dealkylation sites (tertiary alicyclic amines) is 1. The molecule has 16 heavy (non-hydrogen) atoms. The molecule has 86 valence electrons. The van der Waals surface area contributed by atoms with E-state index in [-0.39, 0.29) is 0 Å². The second-order valence-corrected chi connectivity index (χ2v) is 5.53. The molecule has 2 atom stereocenters. The van der Waals surface area contributed by atoms with Crippen LogP contribution in [-0.2, 0) is 0 Å². The maximum atomic E-state index is 6.30. The smallest absolute Gasteiger partial charge is 0.0643 e. The van der Waals surface area contributed by atoms with Crippen LogP contribution in [0.15, 0.2) is 12.1 Å². The summed E-state index contributed by atoms with van der Waals surface area (Å²) >= 11 is 6.30. The van der Waals surface area contributed by atoms with E-state index in [9.17, 15) is 0 Å². The first-order valence-electron chi connectivity index (χ1n) is 5.90. The molecule has 1 N–H and O–H groups in total. The van der Waals surface area contributed by atoms with Crippen LogP contribution in [0.1, 0.15) is 23.5 Å².